The van der Waals surface area contributed by atoms with Crippen LogP contribution in [0.15, 0.2) is 0 Å². The number of aryl methyl sites for hydroxylation is 2. The van der Waals surface area contributed by atoms with E-state index in [2.05, 4.69) is 5.10 Å². The topological polar surface area (TPSA) is 89.3 Å². The van der Waals surface area contributed by atoms with Gasteiger partial charge in [0.2, 0.25) is 0 Å². The van der Waals surface area contributed by atoms with E-state index in [1.807, 2.05) is 13.8 Å². The Labute approximate surface area is 117 Å². The molecule has 0 unspecified atom stereocenters. The Balaban J connectivity index is 2.98. The van der Waals surface area contributed by atoms with Gasteiger partial charge in [-0.05, 0) is 13.3 Å². The second kappa shape index (κ2) is 6.38. The quantitative estimate of drug-likeness (QED) is 0.824. The zero-order valence-corrected chi connectivity index (χ0v) is 12.5. The second-order valence-corrected chi connectivity index (χ2v) is 6.67. The first-order valence-corrected chi connectivity index (χ1v) is 8.17. The molecule has 0 amide bonds. The number of carbonyl (C=O) groups is 1. The van der Waals surface area contributed by atoms with Crippen molar-refractivity contribution in [3.05, 3.63) is 16.4 Å². The van der Waals surface area contributed by atoms with Crippen LogP contribution in [0.1, 0.15) is 31.7 Å². The largest absolute Gasteiger partial charge is 0.481 e. The molecule has 108 valence electrons. The number of hydrogen-bond donors (Lipinski definition) is 1. The summed E-state index contributed by atoms with van der Waals surface area (Å²) in [5.41, 5.74) is 1.10. The number of hydrogen-bond acceptors (Lipinski definition) is 4. The molecule has 0 spiro atoms. The van der Waals surface area contributed by atoms with Gasteiger partial charge in [0, 0.05) is 6.54 Å². The van der Waals surface area contributed by atoms with Gasteiger partial charge in [-0.2, -0.15) is 5.10 Å². The van der Waals surface area contributed by atoms with Crippen LogP contribution in [0.5, 0.6) is 0 Å². The van der Waals surface area contributed by atoms with Gasteiger partial charge < -0.3 is 5.11 Å². The predicted molar refractivity (Wildman–Crippen MR) is 72.0 cm³/mol. The number of carboxylic acids is 1. The van der Waals surface area contributed by atoms with Crippen LogP contribution in [0.25, 0.3) is 0 Å². The molecule has 1 N–H and O–H groups in total. The molecule has 0 aliphatic carbocycles. The summed E-state index contributed by atoms with van der Waals surface area (Å²) in [4.78, 5) is 10.4. The first-order valence-electron chi connectivity index (χ1n) is 5.97. The van der Waals surface area contributed by atoms with Gasteiger partial charge in [0.05, 0.1) is 34.3 Å². The average Bonchev–Trinajstić information content (AvgIpc) is 2.63. The molecule has 1 aromatic heterocycles. The molecular weight excluding hydrogens is 292 g/mol. The Kier molecular flexibility index (Phi) is 5.37. The first-order chi connectivity index (χ1) is 8.80. The van der Waals surface area contributed by atoms with Gasteiger partial charge >= 0.3 is 5.97 Å². The summed E-state index contributed by atoms with van der Waals surface area (Å²) in [6.45, 7) is 4.25. The van der Waals surface area contributed by atoms with Crippen LogP contribution in [0.2, 0.25) is 5.02 Å². The summed E-state index contributed by atoms with van der Waals surface area (Å²) in [6, 6.07) is 0. The highest BCUT2D eigenvalue weighted by atomic mass is 35.5. The predicted octanol–water partition coefficient (Wildman–Crippen LogP) is 1.51. The van der Waals surface area contributed by atoms with Gasteiger partial charge in [0.1, 0.15) is 0 Å². The van der Waals surface area contributed by atoms with Crippen LogP contribution in [0.3, 0.4) is 0 Å². The molecule has 0 aliphatic heterocycles. The Morgan fingerprint density at radius 1 is 1.42 bits per heavy atom. The number of aliphatic carboxylic acids is 1. The summed E-state index contributed by atoms with van der Waals surface area (Å²) in [7, 11) is -3.51. The lowest BCUT2D eigenvalue weighted by Gasteiger charge is -2.06. The van der Waals surface area contributed by atoms with E-state index >= 15 is 0 Å². The lowest BCUT2D eigenvalue weighted by molar-refractivity contribution is -0.136. The fraction of sp³-hybridized carbons (Fsp3) is 0.636. The molecule has 0 aliphatic rings. The molecule has 0 saturated heterocycles. The van der Waals surface area contributed by atoms with Crippen LogP contribution in [0, 0.1) is 0 Å². The van der Waals surface area contributed by atoms with Crippen molar-refractivity contribution in [2.24, 2.45) is 0 Å². The van der Waals surface area contributed by atoms with Crippen molar-refractivity contribution in [1.82, 2.24) is 9.78 Å². The number of nitrogens with zero attached hydrogens (tertiary/aromatic N) is 2. The summed E-state index contributed by atoms with van der Waals surface area (Å²) < 4.78 is 25.3. The standard InChI is InChI=1S/C11H17ClN2O4S/c1-3-8-11(12)9(14(4-2)13-8)7-19(17,18)6-5-10(15)16/h3-7H2,1-2H3,(H,15,16). The lowest BCUT2D eigenvalue weighted by atomic mass is 10.3. The monoisotopic (exact) mass is 308 g/mol. The molecule has 0 aromatic carbocycles. The summed E-state index contributed by atoms with van der Waals surface area (Å²) in [5.74, 6) is -1.80. The number of aromatic nitrogens is 2. The lowest BCUT2D eigenvalue weighted by Crippen LogP contribution is -2.15. The smallest absolute Gasteiger partial charge is 0.304 e. The van der Waals surface area contributed by atoms with Crippen LogP contribution >= 0.6 is 11.6 Å². The summed E-state index contributed by atoms with van der Waals surface area (Å²) in [6.07, 6.45) is 0.217. The van der Waals surface area contributed by atoms with Gasteiger partial charge in [-0.15, -0.1) is 0 Å². The first kappa shape index (κ1) is 16.0. The SMILES string of the molecule is CCc1nn(CC)c(CS(=O)(=O)CCC(=O)O)c1Cl. The summed E-state index contributed by atoms with van der Waals surface area (Å²) >= 11 is 6.11. The maximum Gasteiger partial charge on any atom is 0.304 e. The number of carboxylic acid groups (broad SMARTS) is 1. The molecule has 1 aromatic rings. The van der Waals surface area contributed by atoms with Crippen LogP contribution < -0.4 is 0 Å². The van der Waals surface area contributed by atoms with Crippen LogP contribution in [-0.4, -0.2) is 35.0 Å². The van der Waals surface area contributed by atoms with Crippen molar-refractivity contribution < 1.29 is 18.3 Å². The van der Waals surface area contributed by atoms with E-state index in [1.54, 1.807) is 4.68 Å². The highest BCUT2D eigenvalue weighted by Gasteiger charge is 2.21. The van der Waals surface area contributed by atoms with Gasteiger partial charge in [0.15, 0.2) is 9.84 Å². The van der Waals surface area contributed by atoms with Crippen molar-refractivity contribution in [3.63, 3.8) is 0 Å². The van der Waals surface area contributed by atoms with Gasteiger partial charge in [-0.3, -0.25) is 9.48 Å². The molecule has 6 nitrogen and oxygen atoms in total. The molecule has 1 rings (SSSR count). The maximum atomic E-state index is 11.9. The molecule has 0 bridgehead atoms. The third kappa shape index (κ3) is 4.21. The molecule has 0 saturated carbocycles. The van der Waals surface area contributed by atoms with E-state index in [1.165, 1.54) is 0 Å². The fourth-order valence-corrected chi connectivity index (χ4v) is 3.43. The van der Waals surface area contributed by atoms with Crippen molar-refractivity contribution in [2.75, 3.05) is 5.75 Å². The minimum absolute atomic E-state index is 0.278. The van der Waals surface area contributed by atoms with E-state index in [4.69, 9.17) is 16.7 Å². The molecule has 1 heterocycles. The third-order valence-electron chi connectivity index (χ3n) is 2.68. The van der Waals surface area contributed by atoms with Gasteiger partial charge in [-0.1, -0.05) is 18.5 Å². The van der Waals surface area contributed by atoms with E-state index in [0.717, 1.165) is 0 Å². The van der Waals surface area contributed by atoms with Crippen molar-refractivity contribution in [2.45, 2.75) is 39.0 Å². The Bertz CT molecular complexity index is 565. The van der Waals surface area contributed by atoms with Crippen molar-refractivity contribution in [1.29, 1.82) is 0 Å². The maximum absolute atomic E-state index is 11.9. The summed E-state index contributed by atoms with van der Waals surface area (Å²) in [5, 5.41) is 13.1. The van der Waals surface area contributed by atoms with Crippen LogP contribution in [-0.2, 0) is 33.4 Å². The molecule has 0 fully saturated rings. The number of halogens is 1. The van der Waals surface area contributed by atoms with E-state index in [0.29, 0.717) is 29.4 Å². The number of sulfone groups is 1. The third-order valence-corrected chi connectivity index (χ3v) is 4.65. The van der Waals surface area contributed by atoms with Crippen molar-refractivity contribution >= 4 is 27.4 Å². The number of rotatable bonds is 7. The van der Waals surface area contributed by atoms with Crippen LogP contribution in [0.4, 0.5) is 0 Å². The average molecular weight is 309 g/mol. The zero-order valence-electron chi connectivity index (χ0n) is 10.9. The van der Waals surface area contributed by atoms with Crippen molar-refractivity contribution in [3.8, 4) is 0 Å². The van der Waals surface area contributed by atoms with E-state index in [9.17, 15) is 13.2 Å². The van der Waals surface area contributed by atoms with E-state index < -0.39 is 28.0 Å². The van der Waals surface area contributed by atoms with E-state index in [-0.39, 0.29) is 5.75 Å². The highest BCUT2D eigenvalue weighted by molar-refractivity contribution is 7.90. The Hall–Kier alpha value is -1.08. The molecule has 0 atom stereocenters. The minimum atomic E-state index is -3.51. The van der Waals surface area contributed by atoms with Gasteiger partial charge in [0.25, 0.3) is 0 Å². The Morgan fingerprint density at radius 3 is 2.53 bits per heavy atom. The molecule has 0 radical (unpaired) electrons. The Morgan fingerprint density at radius 2 is 2.05 bits per heavy atom. The highest BCUT2D eigenvalue weighted by Crippen LogP contribution is 2.23. The molecular formula is C11H17ClN2O4S. The minimum Gasteiger partial charge on any atom is -0.481 e. The fourth-order valence-electron chi connectivity index (χ4n) is 1.68. The van der Waals surface area contributed by atoms with Gasteiger partial charge in [-0.25, -0.2) is 8.42 Å². The molecule has 8 heteroatoms. The zero-order chi connectivity index (χ0) is 14.6. The second-order valence-electron chi connectivity index (χ2n) is 4.11. The molecule has 19 heavy (non-hydrogen) atoms. The normalized spacial score (nSPS) is 11.7.